The van der Waals surface area contributed by atoms with Crippen LogP contribution in [0.5, 0.6) is 0 Å². The summed E-state index contributed by atoms with van der Waals surface area (Å²) < 4.78 is 0. The molecule has 10 heavy (non-hydrogen) atoms. The van der Waals surface area contributed by atoms with E-state index in [4.69, 9.17) is 0 Å². The Labute approximate surface area is 65.8 Å². The Kier molecular flexibility index (Phi) is 3.29. The van der Waals surface area contributed by atoms with Gasteiger partial charge in [0.2, 0.25) is 0 Å². The molecular formula is C6H11N3S. The molecule has 0 saturated heterocycles. The molecule has 1 heterocycles. The van der Waals surface area contributed by atoms with Gasteiger partial charge in [-0.1, -0.05) is 0 Å². The largest absolute Gasteiger partial charge is 0.185 e. The van der Waals surface area contributed by atoms with Gasteiger partial charge in [0.25, 0.3) is 0 Å². The smallest absolute Gasteiger partial charge is 0.0693 e. The average Bonchev–Trinajstić information content (AvgIpc) is 2.41. The van der Waals surface area contributed by atoms with Gasteiger partial charge in [-0.15, -0.1) is 0 Å². The van der Waals surface area contributed by atoms with Crippen LogP contribution in [0.1, 0.15) is 12.8 Å². The number of hydrogen-bond donors (Lipinski definition) is 1. The lowest BCUT2D eigenvalue weighted by Gasteiger charge is -1.95. The van der Waals surface area contributed by atoms with Crippen LogP contribution in [0.3, 0.4) is 0 Å². The lowest BCUT2D eigenvalue weighted by Crippen LogP contribution is -2.01. The van der Waals surface area contributed by atoms with Crippen LogP contribution >= 0.6 is 12.6 Å². The summed E-state index contributed by atoms with van der Waals surface area (Å²) in [6.45, 7) is 0.910. The lowest BCUT2D eigenvalue weighted by atomic mass is 10.3. The Bertz CT molecular complexity index is 162. The second-order valence-electron chi connectivity index (χ2n) is 2.06. The van der Waals surface area contributed by atoms with Crippen LogP contribution in [0.2, 0.25) is 0 Å². The molecule has 56 valence electrons. The van der Waals surface area contributed by atoms with Gasteiger partial charge in [-0.05, 0) is 18.6 Å². The minimum absolute atomic E-state index is 0.910. The van der Waals surface area contributed by atoms with E-state index < -0.39 is 0 Å². The maximum Gasteiger partial charge on any atom is 0.0693 e. The van der Waals surface area contributed by atoms with Gasteiger partial charge in [0, 0.05) is 0 Å². The molecule has 1 rings (SSSR count). The molecule has 0 aliphatic rings. The molecule has 0 aliphatic carbocycles. The third kappa shape index (κ3) is 2.39. The number of rotatable bonds is 4. The Morgan fingerprint density at radius 1 is 1.20 bits per heavy atom. The summed E-state index contributed by atoms with van der Waals surface area (Å²) in [5.74, 6) is 0.946. The molecule has 0 N–H and O–H groups in total. The quantitative estimate of drug-likeness (QED) is 0.522. The molecule has 0 amide bonds. The molecule has 1 aromatic heterocycles. The predicted molar refractivity (Wildman–Crippen MR) is 43.1 cm³/mol. The molecule has 0 spiro atoms. The van der Waals surface area contributed by atoms with E-state index in [9.17, 15) is 0 Å². The van der Waals surface area contributed by atoms with Crippen LogP contribution in [0.25, 0.3) is 0 Å². The lowest BCUT2D eigenvalue weighted by molar-refractivity contribution is 0.509. The van der Waals surface area contributed by atoms with Crippen LogP contribution in [0, 0.1) is 0 Å². The summed E-state index contributed by atoms with van der Waals surface area (Å²) in [5, 5.41) is 7.94. The van der Waals surface area contributed by atoms with Crippen molar-refractivity contribution in [1.29, 1.82) is 0 Å². The minimum atomic E-state index is 0.910. The first-order valence-electron chi connectivity index (χ1n) is 3.38. The van der Waals surface area contributed by atoms with Crippen LogP contribution in [0.15, 0.2) is 12.4 Å². The van der Waals surface area contributed by atoms with Crippen LogP contribution < -0.4 is 0 Å². The summed E-state index contributed by atoms with van der Waals surface area (Å²) in [7, 11) is 0. The second kappa shape index (κ2) is 4.33. The summed E-state index contributed by atoms with van der Waals surface area (Å²) in [5.41, 5.74) is 0. The number of nitrogens with zero attached hydrogens (tertiary/aromatic N) is 3. The normalized spacial score (nSPS) is 10.1. The molecule has 1 aromatic rings. The summed E-state index contributed by atoms with van der Waals surface area (Å²) in [6, 6.07) is 0. The molecule has 0 bridgehead atoms. The van der Waals surface area contributed by atoms with Crippen LogP contribution in [-0.2, 0) is 6.54 Å². The highest BCUT2D eigenvalue weighted by atomic mass is 32.1. The van der Waals surface area contributed by atoms with E-state index in [0.29, 0.717) is 0 Å². The first kappa shape index (κ1) is 7.60. The van der Waals surface area contributed by atoms with Gasteiger partial charge in [0.1, 0.15) is 0 Å². The fourth-order valence-corrected chi connectivity index (χ4v) is 0.947. The maximum atomic E-state index is 4.10. The van der Waals surface area contributed by atoms with Gasteiger partial charge in [0.15, 0.2) is 0 Å². The van der Waals surface area contributed by atoms with Gasteiger partial charge >= 0.3 is 0 Å². The van der Waals surface area contributed by atoms with Gasteiger partial charge in [-0.25, -0.2) is 0 Å². The van der Waals surface area contributed by atoms with Crippen LogP contribution in [0.4, 0.5) is 0 Å². The molecule has 0 aliphatic heterocycles. The van der Waals surface area contributed by atoms with Crippen molar-refractivity contribution in [3.8, 4) is 0 Å². The number of aryl methyl sites for hydroxylation is 1. The average molecular weight is 157 g/mol. The Hall–Kier alpha value is -0.510. The molecule has 3 nitrogen and oxygen atoms in total. The molecule has 0 aromatic carbocycles. The van der Waals surface area contributed by atoms with E-state index in [-0.39, 0.29) is 0 Å². The van der Waals surface area contributed by atoms with Crippen molar-refractivity contribution in [2.75, 3.05) is 5.75 Å². The van der Waals surface area contributed by atoms with E-state index in [1.165, 1.54) is 0 Å². The molecule has 0 fully saturated rings. The van der Waals surface area contributed by atoms with Crippen molar-refractivity contribution in [2.24, 2.45) is 0 Å². The van der Waals surface area contributed by atoms with E-state index in [1.807, 2.05) is 0 Å². The standard InChI is InChI=1S/C6H11N3S/c10-6-2-1-5-9-7-3-4-8-9/h3-4,10H,1-2,5-6H2. The third-order valence-corrected chi connectivity index (χ3v) is 1.55. The first-order valence-corrected chi connectivity index (χ1v) is 4.01. The SMILES string of the molecule is SCCCCn1nccn1. The molecular weight excluding hydrogens is 146 g/mol. The van der Waals surface area contributed by atoms with Crippen molar-refractivity contribution >= 4 is 12.6 Å². The number of unbranched alkanes of at least 4 members (excludes halogenated alkanes) is 1. The predicted octanol–water partition coefficient (Wildman–Crippen LogP) is 0.988. The molecule has 0 unspecified atom stereocenters. The minimum Gasteiger partial charge on any atom is -0.185 e. The Morgan fingerprint density at radius 3 is 2.50 bits per heavy atom. The number of thiol groups is 1. The maximum absolute atomic E-state index is 4.10. The zero-order valence-electron chi connectivity index (χ0n) is 5.77. The first-order chi connectivity index (χ1) is 4.93. The number of aromatic nitrogens is 3. The molecule has 0 radical (unpaired) electrons. The van der Waals surface area contributed by atoms with Crippen LogP contribution in [-0.4, -0.2) is 20.7 Å². The van der Waals surface area contributed by atoms with Crippen molar-refractivity contribution < 1.29 is 0 Å². The highest BCUT2D eigenvalue weighted by Gasteiger charge is 1.89. The summed E-state index contributed by atoms with van der Waals surface area (Å²) >= 11 is 4.10. The van der Waals surface area contributed by atoms with Crippen molar-refractivity contribution in [2.45, 2.75) is 19.4 Å². The highest BCUT2D eigenvalue weighted by molar-refractivity contribution is 7.80. The Morgan fingerprint density at radius 2 is 1.90 bits per heavy atom. The summed E-state index contributed by atoms with van der Waals surface area (Å²) in [4.78, 5) is 1.70. The zero-order valence-corrected chi connectivity index (χ0v) is 6.67. The zero-order chi connectivity index (χ0) is 7.23. The van der Waals surface area contributed by atoms with Crippen molar-refractivity contribution in [3.05, 3.63) is 12.4 Å². The second-order valence-corrected chi connectivity index (χ2v) is 2.50. The molecule has 4 heteroatoms. The topological polar surface area (TPSA) is 30.7 Å². The van der Waals surface area contributed by atoms with Gasteiger partial charge < -0.3 is 0 Å². The van der Waals surface area contributed by atoms with Gasteiger partial charge in [-0.3, -0.25) is 0 Å². The Balaban J connectivity index is 2.15. The fourth-order valence-electron chi connectivity index (χ4n) is 0.724. The molecule has 0 saturated carbocycles. The third-order valence-electron chi connectivity index (χ3n) is 1.23. The van der Waals surface area contributed by atoms with E-state index in [1.54, 1.807) is 17.2 Å². The fraction of sp³-hybridized carbons (Fsp3) is 0.667. The van der Waals surface area contributed by atoms with Gasteiger partial charge in [0.05, 0.1) is 18.9 Å². The van der Waals surface area contributed by atoms with E-state index in [0.717, 1.165) is 25.1 Å². The monoisotopic (exact) mass is 157 g/mol. The van der Waals surface area contributed by atoms with Crippen molar-refractivity contribution in [1.82, 2.24) is 15.0 Å². The van der Waals surface area contributed by atoms with E-state index >= 15 is 0 Å². The summed E-state index contributed by atoms with van der Waals surface area (Å²) in [6.07, 6.45) is 5.63. The number of hydrogen-bond acceptors (Lipinski definition) is 3. The van der Waals surface area contributed by atoms with E-state index in [2.05, 4.69) is 22.8 Å². The highest BCUT2D eigenvalue weighted by Crippen LogP contribution is 1.93. The van der Waals surface area contributed by atoms with Gasteiger partial charge in [-0.2, -0.15) is 27.6 Å². The molecule has 0 atom stereocenters. The van der Waals surface area contributed by atoms with Crippen molar-refractivity contribution in [3.63, 3.8) is 0 Å².